The Hall–Kier alpha value is -4.85. The summed E-state index contributed by atoms with van der Waals surface area (Å²) in [5.74, 6) is -0.196. The first kappa shape index (κ1) is 33.1. The Balaban J connectivity index is 1.82. The van der Waals surface area contributed by atoms with Gasteiger partial charge in [0.1, 0.15) is 6.04 Å². The van der Waals surface area contributed by atoms with Crippen LogP contribution in [0, 0.1) is 0 Å². The van der Waals surface area contributed by atoms with Crippen LogP contribution in [0.1, 0.15) is 60.3 Å². The fourth-order valence-corrected chi connectivity index (χ4v) is 6.52. The monoisotopic (exact) mass is 639 g/mol. The minimum absolute atomic E-state index is 0.0756. The van der Waals surface area contributed by atoms with Gasteiger partial charge in [-0.2, -0.15) is 0 Å². The SMILES string of the molecule is COC(=O)Nc1ccc(S(=O)(=O)C(C)C)c(C2CCCN2C(=O)C(Nc2cncc(C(N)=O)c2)c2ccc(OC)c(OC)c2)c1. The topological polar surface area (TPSA) is 179 Å². The number of ether oxygens (including phenoxy) is 3. The minimum Gasteiger partial charge on any atom is -0.493 e. The number of primary amides is 1. The molecule has 3 amide bonds. The van der Waals surface area contributed by atoms with E-state index in [-0.39, 0.29) is 16.4 Å². The molecule has 45 heavy (non-hydrogen) atoms. The van der Waals surface area contributed by atoms with E-state index in [1.54, 1.807) is 43.0 Å². The van der Waals surface area contributed by atoms with Crippen LogP contribution < -0.4 is 25.8 Å². The molecular weight excluding hydrogens is 602 g/mol. The lowest BCUT2D eigenvalue weighted by molar-refractivity contribution is -0.133. The molecule has 0 saturated carbocycles. The molecule has 2 unspecified atom stereocenters. The summed E-state index contributed by atoms with van der Waals surface area (Å²) in [7, 11) is 0.429. The average molecular weight is 640 g/mol. The molecule has 0 radical (unpaired) electrons. The highest BCUT2D eigenvalue weighted by molar-refractivity contribution is 7.92. The number of pyridine rings is 1. The molecule has 4 rings (SSSR count). The quantitative estimate of drug-likeness (QED) is 0.277. The van der Waals surface area contributed by atoms with E-state index in [1.807, 2.05) is 0 Å². The van der Waals surface area contributed by atoms with Crippen LogP contribution in [0.2, 0.25) is 0 Å². The summed E-state index contributed by atoms with van der Waals surface area (Å²) in [4.78, 5) is 44.2. The third-order valence-electron chi connectivity index (χ3n) is 7.59. The molecule has 3 aromatic rings. The molecule has 0 spiro atoms. The van der Waals surface area contributed by atoms with Crippen molar-refractivity contribution in [2.45, 2.75) is 48.9 Å². The van der Waals surface area contributed by atoms with E-state index >= 15 is 0 Å². The second-order valence-corrected chi connectivity index (χ2v) is 13.1. The molecule has 2 heterocycles. The molecule has 240 valence electrons. The second kappa shape index (κ2) is 13.8. The summed E-state index contributed by atoms with van der Waals surface area (Å²) in [5.41, 5.74) is 7.20. The summed E-state index contributed by atoms with van der Waals surface area (Å²) in [6, 6.07) is 9.39. The number of anilines is 2. The largest absolute Gasteiger partial charge is 0.493 e. The third kappa shape index (κ3) is 7.11. The number of carbonyl (C=O) groups is 3. The third-order valence-corrected chi connectivity index (χ3v) is 9.81. The van der Waals surface area contributed by atoms with Gasteiger partial charge >= 0.3 is 6.09 Å². The Morgan fingerprint density at radius 3 is 2.36 bits per heavy atom. The number of amides is 3. The fourth-order valence-electron chi connectivity index (χ4n) is 5.23. The van der Waals surface area contributed by atoms with Crippen LogP contribution in [0.4, 0.5) is 16.2 Å². The predicted octanol–water partition coefficient (Wildman–Crippen LogP) is 4.08. The van der Waals surface area contributed by atoms with Gasteiger partial charge in [-0.3, -0.25) is 19.9 Å². The van der Waals surface area contributed by atoms with Crippen LogP contribution in [0.25, 0.3) is 0 Å². The maximum atomic E-state index is 14.6. The van der Waals surface area contributed by atoms with Gasteiger partial charge in [0, 0.05) is 18.4 Å². The predicted molar refractivity (Wildman–Crippen MR) is 167 cm³/mol. The van der Waals surface area contributed by atoms with Crippen LogP contribution in [0.3, 0.4) is 0 Å². The van der Waals surface area contributed by atoms with Crippen LogP contribution >= 0.6 is 0 Å². The number of likely N-dealkylation sites (tertiary alicyclic amines) is 1. The number of nitrogens with zero attached hydrogens (tertiary/aromatic N) is 2. The Morgan fingerprint density at radius 1 is 0.978 bits per heavy atom. The fraction of sp³-hybridized carbons (Fsp3) is 0.355. The number of methoxy groups -OCH3 is 3. The van der Waals surface area contributed by atoms with E-state index in [1.165, 1.54) is 51.9 Å². The van der Waals surface area contributed by atoms with E-state index in [9.17, 15) is 22.8 Å². The summed E-state index contributed by atoms with van der Waals surface area (Å²) in [5, 5.41) is 5.04. The zero-order valence-corrected chi connectivity index (χ0v) is 26.5. The van der Waals surface area contributed by atoms with Crippen LogP contribution in [0.5, 0.6) is 11.5 Å². The minimum atomic E-state index is -3.78. The van der Waals surface area contributed by atoms with Gasteiger partial charge in [-0.25, -0.2) is 13.2 Å². The normalized spacial score (nSPS) is 15.3. The van der Waals surface area contributed by atoms with Crippen LogP contribution in [-0.4, -0.2) is 69.3 Å². The average Bonchev–Trinajstić information content (AvgIpc) is 3.53. The van der Waals surface area contributed by atoms with Crippen molar-refractivity contribution in [3.8, 4) is 11.5 Å². The lowest BCUT2D eigenvalue weighted by atomic mass is 10.0. The van der Waals surface area contributed by atoms with Crippen molar-refractivity contribution in [2.75, 3.05) is 38.5 Å². The van der Waals surface area contributed by atoms with Crippen molar-refractivity contribution in [1.29, 1.82) is 0 Å². The molecule has 1 fully saturated rings. The smallest absolute Gasteiger partial charge is 0.411 e. The Labute approximate surface area is 262 Å². The molecule has 1 aliphatic heterocycles. The molecular formula is C31H37N5O8S. The standard InChI is InChI=1S/C31H37N5O8S/c1-18(2)45(40,41)27-11-9-21(35-31(39)44-5)15-23(27)24-7-6-12-36(24)30(38)28(19-8-10-25(42-3)26(14-19)43-4)34-22-13-20(29(32)37)16-33-17-22/h8-11,13-18,24,28,34H,6-7,12H2,1-5H3,(H2,32,37)(H,35,39). The first-order valence-electron chi connectivity index (χ1n) is 14.2. The van der Waals surface area contributed by atoms with Crippen molar-refractivity contribution in [3.05, 3.63) is 71.5 Å². The molecule has 1 saturated heterocycles. The number of aromatic nitrogens is 1. The number of carbonyl (C=O) groups excluding carboxylic acids is 3. The Bertz CT molecular complexity index is 1690. The molecule has 1 aliphatic rings. The van der Waals surface area contributed by atoms with Crippen molar-refractivity contribution in [1.82, 2.24) is 9.88 Å². The van der Waals surface area contributed by atoms with E-state index in [2.05, 4.69) is 15.6 Å². The molecule has 4 N–H and O–H groups in total. The first-order chi connectivity index (χ1) is 21.4. The second-order valence-electron chi connectivity index (χ2n) is 10.7. The molecule has 0 aliphatic carbocycles. The number of benzene rings is 2. The molecule has 1 aromatic heterocycles. The number of nitrogens with two attached hydrogens (primary N) is 1. The van der Waals surface area contributed by atoms with Gasteiger partial charge in [-0.1, -0.05) is 6.07 Å². The van der Waals surface area contributed by atoms with Crippen molar-refractivity contribution >= 4 is 39.1 Å². The van der Waals surface area contributed by atoms with Crippen molar-refractivity contribution in [2.24, 2.45) is 5.73 Å². The number of nitrogens with one attached hydrogen (secondary N) is 2. The molecule has 14 heteroatoms. The summed E-state index contributed by atoms with van der Waals surface area (Å²) in [6.45, 7) is 3.51. The summed E-state index contributed by atoms with van der Waals surface area (Å²) in [6.07, 6.45) is 3.15. The maximum absolute atomic E-state index is 14.6. The molecule has 13 nitrogen and oxygen atoms in total. The zero-order valence-electron chi connectivity index (χ0n) is 25.7. The van der Waals surface area contributed by atoms with Crippen LogP contribution in [0.15, 0.2) is 59.8 Å². The molecule has 2 aromatic carbocycles. The van der Waals surface area contributed by atoms with Gasteiger partial charge in [-0.15, -0.1) is 0 Å². The summed E-state index contributed by atoms with van der Waals surface area (Å²) >= 11 is 0. The Kier molecular flexibility index (Phi) is 10.2. The van der Waals surface area contributed by atoms with Gasteiger partial charge in [0.15, 0.2) is 21.3 Å². The number of sulfone groups is 1. The summed E-state index contributed by atoms with van der Waals surface area (Å²) < 4.78 is 42.6. The van der Waals surface area contributed by atoms with E-state index in [0.29, 0.717) is 53.4 Å². The van der Waals surface area contributed by atoms with Gasteiger partial charge in [0.2, 0.25) is 11.8 Å². The highest BCUT2D eigenvalue weighted by atomic mass is 32.2. The number of hydrogen-bond acceptors (Lipinski definition) is 10. The maximum Gasteiger partial charge on any atom is 0.411 e. The van der Waals surface area contributed by atoms with Crippen molar-refractivity contribution < 1.29 is 37.0 Å². The highest BCUT2D eigenvalue weighted by Crippen LogP contribution is 2.40. The van der Waals surface area contributed by atoms with Crippen LogP contribution in [-0.2, 0) is 19.4 Å². The van der Waals surface area contributed by atoms with Crippen molar-refractivity contribution in [3.63, 3.8) is 0 Å². The van der Waals surface area contributed by atoms with E-state index in [0.717, 1.165) is 0 Å². The lowest BCUT2D eigenvalue weighted by Gasteiger charge is -2.32. The zero-order chi connectivity index (χ0) is 32.9. The van der Waals surface area contributed by atoms with Gasteiger partial charge in [-0.05, 0) is 74.2 Å². The van der Waals surface area contributed by atoms with E-state index in [4.69, 9.17) is 19.9 Å². The Morgan fingerprint density at radius 2 is 1.71 bits per heavy atom. The number of hydrogen-bond donors (Lipinski definition) is 3. The molecule has 0 bridgehead atoms. The molecule has 2 atom stereocenters. The van der Waals surface area contributed by atoms with Gasteiger partial charge in [0.25, 0.3) is 0 Å². The lowest BCUT2D eigenvalue weighted by Crippen LogP contribution is -2.38. The van der Waals surface area contributed by atoms with Gasteiger partial charge < -0.3 is 30.2 Å². The van der Waals surface area contributed by atoms with Gasteiger partial charge in [0.05, 0.1) is 55.0 Å². The van der Waals surface area contributed by atoms with E-state index < -0.39 is 39.2 Å². The number of rotatable bonds is 11. The first-order valence-corrected chi connectivity index (χ1v) is 15.7. The highest BCUT2D eigenvalue weighted by Gasteiger charge is 2.38.